The van der Waals surface area contributed by atoms with E-state index in [1.807, 2.05) is 0 Å². The molecular formula is C2H4ClFNaO2. The standard InChI is InChI=1S/C2H2ClFO2.Na.H2/c3-1(4)2(5)6;;/h1H,(H,5,6);;1H. The zero-order chi connectivity index (χ0) is 5.15. The number of aliphatic carboxylic acids is 1. The molecule has 1 N–H and O–H groups in total. The van der Waals surface area contributed by atoms with Crippen molar-refractivity contribution in [2.75, 3.05) is 0 Å². The van der Waals surface area contributed by atoms with E-state index in [4.69, 9.17) is 5.11 Å². The number of rotatable bonds is 1. The van der Waals surface area contributed by atoms with Crippen LogP contribution in [0.4, 0.5) is 4.39 Å². The smallest absolute Gasteiger partial charge is 0.354 e. The average Bonchev–Trinajstić information content (AvgIpc) is 1.36. The molecular weight excluding hydrogens is 133 g/mol. The van der Waals surface area contributed by atoms with Gasteiger partial charge in [-0.3, -0.25) is 0 Å². The minimum absolute atomic E-state index is 0. The molecule has 0 saturated carbocycles. The Hall–Kier alpha value is 0.690. The Balaban J connectivity index is -0.000000125. The molecule has 2 nitrogen and oxygen atoms in total. The van der Waals surface area contributed by atoms with Crippen LogP contribution in [0, 0.1) is 0 Å². The number of alkyl halides is 2. The summed E-state index contributed by atoms with van der Waals surface area (Å²) in [6.07, 6.45) is 0. The van der Waals surface area contributed by atoms with E-state index in [9.17, 15) is 9.18 Å². The monoisotopic (exact) mass is 137 g/mol. The first-order valence-corrected chi connectivity index (χ1v) is 1.59. The number of hydrogen-bond donors (Lipinski definition) is 1. The molecule has 0 aliphatic heterocycles. The second-order valence-corrected chi connectivity index (χ2v) is 1.02. The molecule has 0 bridgehead atoms. The van der Waals surface area contributed by atoms with Crippen molar-refractivity contribution in [3.05, 3.63) is 0 Å². The van der Waals surface area contributed by atoms with Crippen LogP contribution in [0.3, 0.4) is 0 Å². The van der Waals surface area contributed by atoms with Crippen molar-refractivity contribution in [2.45, 2.75) is 5.63 Å². The maximum Gasteiger partial charge on any atom is 0.354 e. The van der Waals surface area contributed by atoms with Crippen LogP contribution < -0.4 is 0 Å². The number of carboxylic acids is 1. The zero-order valence-electron chi connectivity index (χ0n) is 3.69. The van der Waals surface area contributed by atoms with E-state index >= 15 is 0 Å². The Morgan fingerprint density at radius 2 is 2.14 bits per heavy atom. The molecule has 1 atom stereocenters. The van der Waals surface area contributed by atoms with Crippen molar-refractivity contribution < 1.29 is 15.7 Å². The summed E-state index contributed by atoms with van der Waals surface area (Å²) in [5, 5.41) is 7.48. The normalized spacial score (nSPS) is 11.7. The van der Waals surface area contributed by atoms with Crippen molar-refractivity contribution in [3.63, 3.8) is 0 Å². The number of carboxylic acid groups (broad SMARTS) is 1. The summed E-state index contributed by atoms with van der Waals surface area (Å²) in [5.74, 6) is -1.64. The molecule has 0 aromatic rings. The molecule has 0 amide bonds. The molecule has 0 heterocycles. The Morgan fingerprint density at radius 3 is 2.14 bits per heavy atom. The molecule has 0 fully saturated rings. The summed E-state index contributed by atoms with van der Waals surface area (Å²) >= 11 is 4.35. The van der Waals surface area contributed by atoms with Crippen LogP contribution in [0.2, 0.25) is 0 Å². The van der Waals surface area contributed by atoms with Crippen LogP contribution in [0.25, 0.3) is 0 Å². The average molecular weight is 137 g/mol. The Bertz CT molecular complexity index is 71.1. The van der Waals surface area contributed by atoms with Gasteiger partial charge in [-0.15, -0.1) is 0 Å². The third kappa shape index (κ3) is 6.69. The van der Waals surface area contributed by atoms with Crippen molar-refractivity contribution in [1.29, 1.82) is 0 Å². The zero-order valence-corrected chi connectivity index (χ0v) is 6.44. The first-order valence-electron chi connectivity index (χ1n) is 1.15. The summed E-state index contributed by atoms with van der Waals surface area (Å²) in [6, 6.07) is 0. The summed E-state index contributed by atoms with van der Waals surface area (Å²) < 4.78 is 11.0. The molecule has 0 aliphatic rings. The van der Waals surface area contributed by atoms with Crippen LogP contribution in [0.5, 0.6) is 0 Å². The first kappa shape index (κ1) is 10.6. The summed E-state index contributed by atoms with van der Waals surface area (Å²) in [6.45, 7) is 0. The predicted octanol–water partition coefficient (Wildman–Crippen LogP) is 0.471. The SMILES string of the molecule is O=C(O)C(F)Cl.[HH].[Na]. The summed E-state index contributed by atoms with van der Waals surface area (Å²) in [4.78, 5) is 9.19. The maximum atomic E-state index is 11.0. The van der Waals surface area contributed by atoms with E-state index in [1.54, 1.807) is 0 Å². The molecule has 5 heteroatoms. The predicted molar refractivity (Wildman–Crippen MR) is 26.3 cm³/mol. The molecule has 1 unspecified atom stereocenters. The fraction of sp³-hybridized carbons (Fsp3) is 0.500. The number of carbonyl (C=O) groups is 1. The summed E-state index contributed by atoms with van der Waals surface area (Å²) in [7, 11) is 0. The van der Waals surface area contributed by atoms with Gasteiger partial charge in [-0.05, 0) is 0 Å². The van der Waals surface area contributed by atoms with Crippen LogP contribution in [-0.4, -0.2) is 46.3 Å². The van der Waals surface area contributed by atoms with Crippen molar-refractivity contribution in [2.24, 2.45) is 0 Å². The van der Waals surface area contributed by atoms with Gasteiger partial charge in [0.05, 0.1) is 0 Å². The third-order valence-electron chi connectivity index (χ3n) is 0.187. The van der Waals surface area contributed by atoms with Gasteiger partial charge < -0.3 is 5.11 Å². The number of hydrogen-bond acceptors (Lipinski definition) is 1. The van der Waals surface area contributed by atoms with Gasteiger partial charge in [0.1, 0.15) is 0 Å². The maximum absolute atomic E-state index is 11.0. The van der Waals surface area contributed by atoms with E-state index in [0.29, 0.717) is 0 Å². The Kier molecular flexibility index (Phi) is 7.35. The van der Waals surface area contributed by atoms with E-state index in [1.165, 1.54) is 0 Å². The molecule has 0 saturated heterocycles. The molecule has 0 aromatic carbocycles. The first-order chi connectivity index (χ1) is 2.64. The van der Waals surface area contributed by atoms with Crippen molar-refractivity contribution >= 4 is 47.1 Å². The summed E-state index contributed by atoms with van der Waals surface area (Å²) in [5.41, 5.74) is -2.26. The van der Waals surface area contributed by atoms with Gasteiger partial charge in [-0.1, -0.05) is 11.6 Å². The molecule has 7 heavy (non-hydrogen) atoms. The van der Waals surface area contributed by atoms with E-state index < -0.39 is 11.6 Å². The fourth-order valence-electron chi connectivity index (χ4n) is 0. The van der Waals surface area contributed by atoms with Crippen LogP contribution >= 0.6 is 11.6 Å². The van der Waals surface area contributed by atoms with E-state index in [-0.39, 0.29) is 31.0 Å². The fourth-order valence-corrected chi connectivity index (χ4v) is 0. The Morgan fingerprint density at radius 1 is 2.00 bits per heavy atom. The van der Waals surface area contributed by atoms with Crippen molar-refractivity contribution in [3.8, 4) is 0 Å². The van der Waals surface area contributed by atoms with Crippen molar-refractivity contribution in [1.82, 2.24) is 0 Å². The quantitative estimate of drug-likeness (QED) is 0.421. The van der Waals surface area contributed by atoms with E-state index in [2.05, 4.69) is 11.6 Å². The number of halogens is 2. The van der Waals surface area contributed by atoms with Gasteiger partial charge in [-0.25, -0.2) is 9.18 Å². The van der Waals surface area contributed by atoms with Gasteiger partial charge in [0.15, 0.2) is 0 Å². The van der Waals surface area contributed by atoms with Gasteiger partial charge in [0, 0.05) is 31.0 Å². The molecule has 1 radical (unpaired) electrons. The minimum atomic E-state index is -2.26. The molecule has 0 aromatic heterocycles. The van der Waals surface area contributed by atoms with Gasteiger partial charge in [-0.2, -0.15) is 0 Å². The topological polar surface area (TPSA) is 37.3 Å². The molecule has 0 aliphatic carbocycles. The second kappa shape index (κ2) is 4.84. The third-order valence-corrected chi connectivity index (χ3v) is 0.373. The van der Waals surface area contributed by atoms with Gasteiger partial charge in [0.25, 0.3) is 5.63 Å². The second-order valence-electron chi connectivity index (χ2n) is 0.639. The molecule has 39 valence electrons. The van der Waals surface area contributed by atoms with E-state index in [0.717, 1.165) is 0 Å². The van der Waals surface area contributed by atoms with Gasteiger partial charge >= 0.3 is 5.97 Å². The molecule has 0 rings (SSSR count). The van der Waals surface area contributed by atoms with Crippen LogP contribution in [0.1, 0.15) is 1.43 Å². The van der Waals surface area contributed by atoms with Crippen LogP contribution in [0.15, 0.2) is 0 Å². The van der Waals surface area contributed by atoms with Crippen LogP contribution in [-0.2, 0) is 4.79 Å². The largest absolute Gasteiger partial charge is 0.478 e. The molecule has 0 spiro atoms. The van der Waals surface area contributed by atoms with Gasteiger partial charge in [0.2, 0.25) is 0 Å². The Labute approximate surface area is 68.4 Å². The minimum Gasteiger partial charge on any atom is -0.478 e.